The number of carbonyl (C=O) groups excluding carboxylic acids is 1. The Bertz CT molecular complexity index is 1160. The van der Waals surface area contributed by atoms with Gasteiger partial charge < -0.3 is 14.0 Å². The third kappa shape index (κ3) is 3.65. The molecule has 0 aliphatic rings. The predicted octanol–water partition coefficient (Wildman–Crippen LogP) is 4.30. The van der Waals surface area contributed by atoms with Crippen molar-refractivity contribution >= 4 is 28.5 Å². The highest BCUT2D eigenvalue weighted by Gasteiger charge is 2.16. The van der Waals surface area contributed by atoms with E-state index in [1.807, 2.05) is 30.3 Å². The molecule has 0 aliphatic carbocycles. The Morgan fingerprint density at radius 1 is 1.11 bits per heavy atom. The van der Waals surface area contributed by atoms with Crippen LogP contribution in [0.2, 0.25) is 5.15 Å². The standard InChI is InChI=1S/C20H14ClN3O4/c1-26-13-6-4-5-12(9-13)19-23-18(28-24-19)11-27-20(25)15-10-17(21)22-16-8-3-2-7-14(15)16/h2-10H,11H2,1H3. The fourth-order valence-corrected chi connectivity index (χ4v) is 2.91. The minimum Gasteiger partial charge on any atom is -0.497 e. The van der Waals surface area contributed by atoms with E-state index in [1.165, 1.54) is 6.07 Å². The number of aromatic nitrogens is 3. The van der Waals surface area contributed by atoms with E-state index in [1.54, 1.807) is 25.3 Å². The van der Waals surface area contributed by atoms with Gasteiger partial charge in [0.1, 0.15) is 10.9 Å². The van der Waals surface area contributed by atoms with E-state index in [0.29, 0.717) is 28.0 Å². The zero-order chi connectivity index (χ0) is 19.5. The van der Waals surface area contributed by atoms with Crippen LogP contribution in [0.15, 0.2) is 59.1 Å². The number of ether oxygens (including phenoxy) is 2. The molecule has 0 bridgehead atoms. The normalized spacial score (nSPS) is 10.8. The van der Waals surface area contributed by atoms with Gasteiger partial charge in [-0.3, -0.25) is 0 Å². The average Bonchev–Trinajstić information content (AvgIpc) is 3.20. The second-order valence-corrected chi connectivity index (χ2v) is 6.22. The van der Waals surface area contributed by atoms with Crippen molar-refractivity contribution in [3.05, 3.63) is 71.2 Å². The molecule has 28 heavy (non-hydrogen) atoms. The van der Waals surface area contributed by atoms with Gasteiger partial charge in [0.05, 0.1) is 18.2 Å². The van der Waals surface area contributed by atoms with Crippen molar-refractivity contribution < 1.29 is 18.8 Å². The molecule has 2 heterocycles. The van der Waals surface area contributed by atoms with E-state index in [4.69, 9.17) is 25.6 Å². The van der Waals surface area contributed by atoms with Gasteiger partial charge in [-0.2, -0.15) is 4.98 Å². The Kier molecular flexibility index (Phi) is 4.90. The summed E-state index contributed by atoms with van der Waals surface area (Å²) in [5, 5.41) is 4.78. The van der Waals surface area contributed by atoms with Crippen LogP contribution in [0.3, 0.4) is 0 Å². The molecule has 0 aliphatic heterocycles. The number of rotatable bonds is 5. The summed E-state index contributed by atoms with van der Waals surface area (Å²) < 4.78 is 15.7. The summed E-state index contributed by atoms with van der Waals surface area (Å²) in [6.07, 6.45) is 0. The number of methoxy groups -OCH3 is 1. The van der Waals surface area contributed by atoms with Gasteiger partial charge in [-0.15, -0.1) is 0 Å². The lowest BCUT2D eigenvalue weighted by Crippen LogP contribution is -2.07. The molecule has 0 spiro atoms. The van der Waals surface area contributed by atoms with Crippen LogP contribution in [0.5, 0.6) is 5.75 Å². The molecule has 8 heteroatoms. The Morgan fingerprint density at radius 3 is 2.82 bits per heavy atom. The molecule has 2 aromatic heterocycles. The van der Waals surface area contributed by atoms with Gasteiger partial charge in [0.15, 0.2) is 6.61 Å². The van der Waals surface area contributed by atoms with Crippen LogP contribution in [0.4, 0.5) is 0 Å². The zero-order valence-electron chi connectivity index (χ0n) is 14.8. The molecular formula is C20H14ClN3O4. The second kappa shape index (κ2) is 7.66. The van der Waals surface area contributed by atoms with Gasteiger partial charge in [-0.05, 0) is 24.3 Å². The number of halogens is 1. The summed E-state index contributed by atoms with van der Waals surface area (Å²) >= 11 is 6.01. The van der Waals surface area contributed by atoms with Gasteiger partial charge in [0.2, 0.25) is 5.82 Å². The molecule has 0 fully saturated rings. The Labute approximate surface area is 164 Å². The summed E-state index contributed by atoms with van der Waals surface area (Å²) in [6, 6.07) is 15.9. The monoisotopic (exact) mass is 395 g/mol. The van der Waals surface area contributed by atoms with Crippen molar-refractivity contribution in [1.82, 2.24) is 15.1 Å². The summed E-state index contributed by atoms with van der Waals surface area (Å²) in [5.41, 5.74) is 1.66. The number of carbonyl (C=O) groups is 1. The fourth-order valence-electron chi connectivity index (χ4n) is 2.71. The molecule has 0 radical (unpaired) electrons. The first-order chi connectivity index (χ1) is 13.6. The molecule has 0 N–H and O–H groups in total. The van der Waals surface area contributed by atoms with E-state index in [0.717, 1.165) is 5.56 Å². The SMILES string of the molecule is COc1cccc(-c2noc(COC(=O)c3cc(Cl)nc4ccccc34)n2)c1. The lowest BCUT2D eigenvalue weighted by Gasteiger charge is -2.06. The average molecular weight is 396 g/mol. The number of hydrogen-bond acceptors (Lipinski definition) is 7. The first-order valence-electron chi connectivity index (χ1n) is 8.33. The minimum atomic E-state index is -0.554. The number of nitrogens with zero attached hydrogens (tertiary/aromatic N) is 3. The maximum absolute atomic E-state index is 12.5. The second-order valence-electron chi connectivity index (χ2n) is 5.83. The van der Waals surface area contributed by atoms with E-state index in [2.05, 4.69) is 15.1 Å². The van der Waals surface area contributed by atoms with E-state index < -0.39 is 5.97 Å². The molecule has 0 atom stereocenters. The molecule has 0 amide bonds. The lowest BCUT2D eigenvalue weighted by atomic mass is 10.1. The van der Waals surface area contributed by atoms with Gasteiger partial charge in [0, 0.05) is 10.9 Å². The Balaban J connectivity index is 1.51. The van der Waals surface area contributed by atoms with Gasteiger partial charge in [-0.1, -0.05) is 47.1 Å². The summed E-state index contributed by atoms with van der Waals surface area (Å²) in [7, 11) is 1.58. The maximum Gasteiger partial charge on any atom is 0.339 e. The van der Waals surface area contributed by atoms with Crippen molar-refractivity contribution in [3.8, 4) is 17.1 Å². The molecule has 0 unspecified atom stereocenters. The van der Waals surface area contributed by atoms with Crippen LogP contribution in [0, 0.1) is 0 Å². The van der Waals surface area contributed by atoms with Crippen molar-refractivity contribution in [2.45, 2.75) is 6.61 Å². The smallest absolute Gasteiger partial charge is 0.339 e. The largest absolute Gasteiger partial charge is 0.497 e. The number of pyridine rings is 1. The van der Waals surface area contributed by atoms with Crippen molar-refractivity contribution in [2.75, 3.05) is 7.11 Å². The van der Waals surface area contributed by atoms with Gasteiger partial charge in [-0.25, -0.2) is 9.78 Å². The van der Waals surface area contributed by atoms with Crippen LogP contribution in [-0.2, 0) is 11.3 Å². The van der Waals surface area contributed by atoms with E-state index in [-0.39, 0.29) is 17.7 Å². The molecule has 4 rings (SSSR count). The molecule has 2 aromatic carbocycles. The van der Waals surface area contributed by atoms with Gasteiger partial charge >= 0.3 is 5.97 Å². The van der Waals surface area contributed by atoms with Gasteiger partial charge in [0.25, 0.3) is 5.89 Å². The highest BCUT2D eigenvalue weighted by Crippen LogP contribution is 2.23. The van der Waals surface area contributed by atoms with E-state index >= 15 is 0 Å². The maximum atomic E-state index is 12.5. The number of hydrogen-bond donors (Lipinski definition) is 0. The number of para-hydroxylation sites is 1. The Hall–Kier alpha value is -3.45. The Morgan fingerprint density at radius 2 is 1.96 bits per heavy atom. The molecular weight excluding hydrogens is 382 g/mol. The first kappa shape index (κ1) is 17.9. The van der Waals surface area contributed by atoms with Crippen LogP contribution < -0.4 is 4.74 Å². The quantitative estimate of drug-likeness (QED) is 0.367. The lowest BCUT2D eigenvalue weighted by molar-refractivity contribution is 0.0432. The van der Waals surface area contributed by atoms with Crippen molar-refractivity contribution in [3.63, 3.8) is 0 Å². The zero-order valence-corrected chi connectivity index (χ0v) is 15.5. The number of fused-ring (bicyclic) bond motifs is 1. The molecule has 0 saturated carbocycles. The van der Waals surface area contributed by atoms with Crippen LogP contribution in [0.25, 0.3) is 22.3 Å². The molecule has 7 nitrogen and oxygen atoms in total. The molecule has 140 valence electrons. The summed E-state index contributed by atoms with van der Waals surface area (Å²) in [6.45, 7) is -0.163. The highest BCUT2D eigenvalue weighted by molar-refractivity contribution is 6.30. The molecule has 0 saturated heterocycles. The third-order valence-electron chi connectivity index (χ3n) is 4.03. The van der Waals surface area contributed by atoms with Crippen LogP contribution in [-0.4, -0.2) is 28.2 Å². The predicted molar refractivity (Wildman–Crippen MR) is 102 cm³/mol. The van der Waals surface area contributed by atoms with Crippen LogP contribution >= 0.6 is 11.6 Å². The van der Waals surface area contributed by atoms with Crippen molar-refractivity contribution in [1.29, 1.82) is 0 Å². The number of esters is 1. The third-order valence-corrected chi connectivity index (χ3v) is 4.22. The minimum absolute atomic E-state index is 0.163. The number of benzene rings is 2. The highest BCUT2D eigenvalue weighted by atomic mass is 35.5. The summed E-state index contributed by atoms with van der Waals surface area (Å²) in [5.74, 6) is 0.677. The van der Waals surface area contributed by atoms with Crippen molar-refractivity contribution in [2.24, 2.45) is 0 Å². The van der Waals surface area contributed by atoms with E-state index in [9.17, 15) is 4.79 Å². The fraction of sp³-hybridized carbons (Fsp3) is 0.100. The topological polar surface area (TPSA) is 87.3 Å². The summed E-state index contributed by atoms with van der Waals surface area (Å²) in [4.78, 5) is 21.0. The molecule has 4 aromatic rings. The first-order valence-corrected chi connectivity index (χ1v) is 8.71. The van der Waals surface area contributed by atoms with Crippen LogP contribution in [0.1, 0.15) is 16.2 Å².